The summed E-state index contributed by atoms with van der Waals surface area (Å²) in [6.45, 7) is 4.29. The molecule has 0 aliphatic heterocycles. The predicted molar refractivity (Wildman–Crippen MR) is 87.4 cm³/mol. The van der Waals surface area contributed by atoms with E-state index >= 15 is 0 Å². The van der Waals surface area contributed by atoms with Crippen LogP contribution in [0, 0.1) is 6.92 Å². The standard InChI is InChI=1S/C14H15N5O3S/c1-4-19-7(2)5-8-11(14(19)21)12(17-16-8)15-13(20)9-6-10(22-3)18-23-9/h5-6H,4H2,1-3H3,(H2,15,16,17,20). The van der Waals surface area contributed by atoms with Gasteiger partial charge in [0.05, 0.1) is 12.6 Å². The maximum absolute atomic E-state index is 12.6. The first kappa shape index (κ1) is 15.2. The van der Waals surface area contributed by atoms with Crippen LogP contribution in [0.4, 0.5) is 5.82 Å². The van der Waals surface area contributed by atoms with Crippen molar-refractivity contribution >= 4 is 34.2 Å². The van der Waals surface area contributed by atoms with Gasteiger partial charge < -0.3 is 14.6 Å². The summed E-state index contributed by atoms with van der Waals surface area (Å²) in [4.78, 5) is 25.2. The van der Waals surface area contributed by atoms with Crippen molar-refractivity contribution in [3.8, 4) is 5.88 Å². The fourth-order valence-corrected chi connectivity index (χ4v) is 2.98. The molecule has 23 heavy (non-hydrogen) atoms. The molecule has 0 fully saturated rings. The third-order valence-electron chi connectivity index (χ3n) is 3.50. The number of methoxy groups -OCH3 is 1. The number of fused-ring (bicyclic) bond motifs is 1. The molecular formula is C14H15N5O3S. The Kier molecular flexibility index (Phi) is 3.87. The van der Waals surface area contributed by atoms with Crippen LogP contribution in [0.1, 0.15) is 22.3 Å². The van der Waals surface area contributed by atoms with Gasteiger partial charge in [0.1, 0.15) is 10.3 Å². The molecule has 0 atom stereocenters. The summed E-state index contributed by atoms with van der Waals surface area (Å²) in [5.74, 6) is 0.197. The Bertz CT molecular complexity index is 940. The van der Waals surface area contributed by atoms with E-state index in [4.69, 9.17) is 4.74 Å². The minimum atomic E-state index is -0.387. The van der Waals surface area contributed by atoms with Crippen molar-refractivity contribution in [2.75, 3.05) is 12.4 Å². The van der Waals surface area contributed by atoms with Gasteiger partial charge in [-0.2, -0.15) is 9.47 Å². The van der Waals surface area contributed by atoms with Crippen molar-refractivity contribution in [2.45, 2.75) is 20.4 Å². The van der Waals surface area contributed by atoms with Crippen LogP contribution in [-0.4, -0.2) is 32.2 Å². The molecule has 3 rings (SSSR count). The SMILES string of the molecule is CCn1c(C)cc2[nH]nc(NC(=O)c3cc(OC)ns3)c2c1=O. The number of anilines is 1. The van der Waals surface area contributed by atoms with Gasteiger partial charge in [0.2, 0.25) is 5.88 Å². The summed E-state index contributed by atoms with van der Waals surface area (Å²) in [5.41, 5.74) is 1.24. The number of H-pyrrole nitrogens is 1. The summed E-state index contributed by atoms with van der Waals surface area (Å²) < 4.78 is 10.6. The summed E-state index contributed by atoms with van der Waals surface area (Å²) in [6.07, 6.45) is 0. The molecule has 0 aromatic carbocycles. The Labute approximate surface area is 135 Å². The molecule has 9 heteroatoms. The van der Waals surface area contributed by atoms with Crippen molar-refractivity contribution in [3.63, 3.8) is 0 Å². The summed E-state index contributed by atoms with van der Waals surface area (Å²) >= 11 is 1.02. The normalized spacial score (nSPS) is 10.9. The van der Waals surface area contributed by atoms with Gasteiger partial charge in [0.15, 0.2) is 5.82 Å². The van der Waals surface area contributed by atoms with E-state index in [9.17, 15) is 9.59 Å². The van der Waals surface area contributed by atoms with E-state index in [1.165, 1.54) is 13.2 Å². The lowest BCUT2D eigenvalue weighted by Crippen LogP contribution is -2.22. The van der Waals surface area contributed by atoms with Crippen LogP contribution in [0.25, 0.3) is 10.9 Å². The van der Waals surface area contributed by atoms with Gasteiger partial charge in [0, 0.05) is 18.3 Å². The lowest BCUT2D eigenvalue weighted by atomic mass is 10.2. The molecule has 8 nitrogen and oxygen atoms in total. The number of ether oxygens (including phenoxy) is 1. The van der Waals surface area contributed by atoms with Gasteiger partial charge in [-0.15, -0.1) is 0 Å². The first-order valence-corrected chi connectivity index (χ1v) is 7.73. The number of amides is 1. The molecule has 0 bridgehead atoms. The highest BCUT2D eigenvalue weighted by Crippen LogP contribution is 2.21. The third kappa shape index (κ3) is 2.59. The molecule has 0 saturated carbocycles. The second-order valence-electron chi connectivity index (χ2n) is 4.88. The average molecular weight is 333 g/mol. The first-order valence-electron chi connectivity index (χ1n) is 6.95. The maximum Gasteiger partial charge on any atom is 0.268 e. The Hall–Kier alpha value is -2.68. The molecule has 3 aromatic heterocycles. The summed E-state index contributed by atoms with van der Waals surface area (Å²) in [6, 6.07) is 3.36. The number of hydrogen-bond acceptors (Lipinski definition) is 6. The van der Waals surface area contributed by atoms with Crippen LogP contribution in [0.5, 0.6) is 5.88 Å². The van der Waals surface area contributed by atoms with Crippen molar-refractivity contribution in [1.82, 2.24) is 19.1 Å². The van der Waals surface area contributed by atoms with E-state index < -0.39 is 0 Å². The van der Waals surface area contributed by atoms with Crippen LogP contribution in [-0.2, 0) is 6.54 Å². The second-order valence-corrected chi connectivity index (χ2v) is 5.69. The number of carbonyl (C=O) groups excluding carboxylic acids is 1. The number of aromatic amines is 1. The van der Waals surface area contributed by atoms with Crippen molar-refractivity contribution in [1.29, 1.82) is 0 Å². The number of rotatable bonds is 4. The first-order chi connectivity index (χ1) is 11.0. The molecule has 0 radical (unpaired) electrons. The van der Waals surface area contributed by atoms with Gasteiger partial charge in [-0.25, -0.2) is 0 Å². The molecule has 1 amide bonds. The minimum Gasteiger partial charge on any atom is -0.480 e. The molecule has 3 aromatic rings. The van der Waals surface area contributed by atoms with Gasteiger partial charge >= 0.3 is 0 Å². The number of aryl methyl sites for hydroxylation is 1. The number of hydrogen-bond donors (Lipinski definition) is 2. The van der Waals surface area contributed by atoms with Gasteiger partial charge in [-0.05, 0) is 31.4 Å². The van der Waals surface area contributed by atoms with Crippen LogP contribution in [0.3, 0.4) is 0 Å². The van der Waals surface area contributed by atoms with E-state index in [1.54, 1.807) is 4.57 Å². The molecule has 3 heterocycles. The summed E-state index contributed by atoms with van der Waals surface area (Å²) in [7, 11) is 1.48. The third-order valence-corrected chi connectivity index (χ3v) is 4.27. The van der Waals surface area contributed by atoms with Crippen LogP contribution in [0.2, 0.25) is 0 Å². The number of pyridine rings is 1. The number of nitrogens with one attached hydrogen (secondary N) is 2. The summed E-state index contributed by atoms with van der Waals surface area (Å²) in [5, 5.41) is 9.84. The van der Waals surface area contributed by atoms with Crippen molar-refractivity contribution < 1.29 is 9.53 Å². The maximum atomic E-state index is 12.6. The monoisotopic (exact) mass is 333 g/mol. The number of aromatic nitrogens is 4. The zero-order chi connectivity index (χ0) is 16.6. The van der Waals surface area contributed by atoms with Gasteiger partial charge in [-0.1, -0.05) is 0 Å². The fraction of sp³-hybridized carbons (Fsp3) is 0.286. The quantitative estimate of drug-likeness (QED) is 0.757. The molecule has 0 unspecified atom stereocenters. The Balaban J connectivity index is 2.00. The van der Waals surface area contributed by atoms with Crippen molar-refractivity contribution in [3.05, 3.63) is 33.1 Å². The average Bonchev–Trinajstić information content (AvgIpc) is 3.14. The number of nitrogens with zero attached hydrogens (tertiary/aromatic N) is 3. The highest BCUT2D eigenvalue weighted by atomic mass is 32.1. The Morgan fingerprint density at radius 3 is 2.91 bits per heavy atom. The largest absolute Gasteiger partial charge is 0.480 e. The van der Waals surface area contributed by atoms with E-state index in [2.05, 4.69) is 19.9 Å². The van der Waals surface area contributed by atoms with E-state index in [0.717, 1.165) is 17.2 Å². The Morgan fingerprint density at radius 2 is 2.26 bits per heavy atom. The van der Waals surface area contributed by atoms with E-state index in [1.807, 2.05) is 19.9 Å². The topological polar surface area (TPSA) is 102 Å². The smallest absolute Gasteiger partial charge is 0.268 e. The zero-order valence-electron chi connectivity index (χ0n) is 12.8. The highest BCUT2D eigenvalue weighted by molar-refractivity contribution is 7.08. The fourth-order valence-electron chi connectivity index (χ4n) is 2.37. The predicted octanol–water partition coefficient (Wildman–Crippen LogP) is 1.77. The molecule has 2 N–H and O–H groups in total. The van der Waals surface area contributed by atoms with E-state index in [0.29, 0.717) is 28.2 Å². The van der Waals surface area contributed by atoms with Crippen LogP contribution < -0.4 is 15.6 Å². The van der Waals surface area contributed by atoms with Crippen molar-refractivity contribution in [2.24, 2.45) is 0 Å². The molecule has 0 spiro atoms. The molecule has 0 aliphatic carbocycles. The molecular weight excluding hydrogens is 318 g/mol. The Morgan fingerprint density at radius 1 is 1.48 bits per heavy atom. The highest BCUT2D eigenvalue weighted by Gasteiger charge is 2.17. The minimum absolute atomic E-state index is 0.187. The zero-order valence-corrected chi connectivity index (χ0v) is 13.7. The number of carbonyl (C=O) groups is 1. The van der Waals surface area contributed by atoms with E-state index in [-0.39, 0.29) is 17.3 Å². The van der Waals surface area contributed by atoms with Gasteiger partial charge in [-0.3, -0.25) is 14.7 Å². The second kappa shape index (κ2) is 5.84. The van der Waals surface area contributed by atoms with Crippen LogP contribution >= 0.6 is 11.5 Å². The lowest BCUT2D eigenvalue weighted by molar-refractivity contribution is 0.103. The molecule has 120 valence electrons. The van der Waals surface area contributed by atoms with Crippen LogP contribution in [0.15, 0.2) is 16.9 Å². The van der Waals surface area contributed by atoms with Gasteiger partial charge in [0.25, 0.3) is 11.5 Å². The molecule has 0 saturated heterocycles. The molecule has 0 aliphatic rings. The lowest BCUT2D eigenvalue weighted by Gasteiger charge is -2.07.